The summed E-state index contributed by atoms with van der Waals surface area (Å²) < 4.78 is 6.08. The zero-order valence-electron chi connectivity index (χ0n) is 11.5. The molecule has 0 unspecified atom stereocenters. The molecule has 0 saturated heterocycles. The van der Waals surface area contributed by atoms with Crippen molar-refractivity contribution < 1.29 is 4.74 Å². The van der Waals surface area contributed by atoms with Gasteiger partial charge in [0.25, 0.3) is 0 Å². The molecule has 2 aromatic rings. The number of methoxy groups -OCH3 is 1. The largest absolute Gasteiger partial charge is 0.383 e. The van der Waals surface area contributed by atoms with Crippen molar-refractivity contribution in [1.82, 2.24) is 9.97 Å². The van der Waals surface area contributed by atoms with E-state index in [2.05, 4.69) is 42.6 Å². The first-order valence-electron chi connectivity index (χ1n) is 6.27. The fourth-order valence-corrected chi connectivity index (χ4v) is 1.92. The summed E-state index contributed by atoms with van der Waals surface area (Å²) in [7, 11) is 1.67. The summed E-state index contributed by atoms with van der Waals surface area (Å²) in [5.41, 5.74) is 2.16. The molecular formula is C14H17BrN4O. The number of rotatable bonds is 6. The molecular weight excluding hydrogens is 320 g/mol. The van der Waals surface area contributed by atoms with Crippen molar-refractivity contribution in [3.05, 3.63) is 40.6 Å². The lowest BCUT2D eigenvalue weighted by atomic mass is 10.2. The Morgan fingerprint density at radius 1 is 1.20 bits per heavy atom. The van der Waals surface area contributed by atoms with E-state index in [1.54, 1.807) is 7.11 Å². The maximum absolute atomic E-state index is 4.99. The fraction of sp³-hybridized carbons (Fsp3) is 0.286. The highest BCUT2D eigenvalue weighted by Crippen LogP contribution is 2.22. The summed E-state index contributed by atoms with van der Waals surface area (Å²) in [6.07, 6.45) is 1.53. The quantitative estimate of drug-likeness (QED) is 0.792. The summed E-state index contributed by atoms with van der Waals surface area (Å²) in [5, 5.41) is 6.43. The van der Waals surface area contributed by atoms with Crippen LogP contribution in [0.5, 0.6) is 0 Å². The normalized spacial score (nSPS) is 10.3. The Morgan fingerprint density at radius 3 is 2.75 bits per heavy atom. The molecule has 1 aromatic carbocycles. The summed E-state index contributed by atoms with van der Waals surface area (Å²) in [6, 6.07) is 7.94. The molecule has 0 aliphatic rings. The van der Waals surface area contributed by atoms with Crippen LogP contribution in [0.3, 0.4) is 0 Å². The SMILES string of the molecule is COCCNc1cc(Nc2ccc(Br)c(C)c2)ncn1. The molecule has 6 heteroatoms. The first-order chi connectivity index (χ1) is 9.69. The van der Waals surface area contributed by atoms with Gasteiger partial charge in [-0.3, -0.25) is 0 Å². The molecule has 1 heterocycles. The van der Waals surface area contributed by atoms with E-state index in [1.807, 2.05) is 25.1 Å². The van der Waals surface area contributed by atoms with Crippen molar-refractivity contribution >= 4 is 33.3 Å². The zero-order chi connectivity index (χ0) is 14.4. The minimum Gasteiger partial charge on any atom is -0.383 e. The monoisotopic (exact) mass is 336 g/mol. The van der Waals surface area contributed by atoms with E-state index in [-0.39, 0.29) is 0 Å². The average molecular weight is 337 g/mol. The van der Waals surface area contributed by atoms with Crippen LogP contribution in [0.25, 0.3) is 0 Å². The number of anilines is 3. The number of benzene rings is 1. The Morgan fingerprint density at radius 2 is 2.00 bits per heavy atom. The van der Waals surface area contributed by atoms with Crippen molar-refractivity contribution in [3.8, 4) is 0 Å². The standard InChI is InChI=1S/C14H17BrN4O/c1-10-7-11(3-4-12(10)15)19-14-8-13(17-9-18-14)16-5-6-20-2/h3-4,7-9H,5-6H2,1-2H3,(H2,16,17,18,19). The molecule has 0 fully saturated rings. The summed E-state index contributed by atoms with van der Waals surface area (Å²) in [6.45, 7) is 3.40. The number of nitrogens with zero attached hydrogens (tertiary/aromatic N) is 2. The van der Waals surface area contributed by atoms with Crippen molar-refractivity contribution in [2.24, 2.45) is 0 Å². The van der Waals surface area contributed by atoms with Crippen LogP contribution in [0.2, 0.25) is 0 Å². The van der Waals surface area contributed by atoms with E-state index in [4.69, 9.17) is 4.74 Å². The zero-order valence-corrected chi connectivity index (χ0v) is 13.1. The minimum absolute atomic E-state index is 0.638. The first-order valence-corrected chi connectivity index (χ1v) is 7.06. The summed E-state index contributed by atoms with van der Waals surface area (Å²) >= 11 is 3.49. The van der Waals surface area contributed by atoms with Crippen molar-refractivity contribution in [2.75, 3.05) is 30.9 Å². The number of hydrogen-bond donors (Lipinski definition) is 2. The molecule has 0 saturated carbocycles. The second-order valence-electron chi connectivity index (χ2n) is 4.30. The summed E-state index contributed by atoms with van der Waals surface area (Å²) in [5.74, 6) is 1.52. The number of aromatic nitrogens is 2. The van der Waals surface area contributed by atoms with Crippen molar-refractivity contribution in [2.45, 2.75) is 6.92 Å². The lowest BCUT2D eigenvalue weighted by Gasteiger charge is -2.09. The molecule has 2 rings (SSSR count). The number of halogens is 1. The van der Waals surface area contributed by atoms with Crippen LogP contribution in [0.15, 0.2) is 35.1 Å². The second kappa shape index (κ2) is 7.21. The number of hydrogen-bond acceptors (Lipinski definition) is 5. The second-order valence-corrected chi connectivity index (χ2v) is 5.15. The van der Waals surface area contributed by atoms with Crippen molar-refractivity contribution in [1.29, 1.82) is 0 Å². The van der Waals surface area contributed by atoms with Crippen molar-refractivity contribution in [3.63, 3.8) is 0 Å². The highest BCUT2D eigenvalue weighted by molar-refractivity contribution is 9.10. The minimum atomic E-state index is 0.638. The van der Waals surface area contributed by atoms with Gasteiger partial charge in [-0.15, -0.1) is 0 Å². The Balaban J connectivity index is 2.05. The van der Waals surface area contributed by atoms with Gasteiger partial charge in [-0.2, -0.15) is 0 Å². The van der Waals surface area contributed by atoms with E-state index < -0.39 is 0 Å². The number of aryl methyl sites for hydroxylation is 1. The molecule has 0 spiro atoms. The smallest absolute Gasteiger partial charge is 0.135 e. The van der Waals surface area contributed by atoms with Gasteiger partial charge < -0.3 is 15.4 Å². The predicted octanol–water partition coefficient (Wildman–Crippen LogP) is 3.35. The van der Waals surface area contributed by atoms with Crippen LogP contribution in [0.4, 0.5) is 17.3 Å². The molecule has 20 heavy (non-hydrogen) atoms. The Kier molecular flexibility index (Phi) is 5.31. The molecule has 5 nitrogen and oxygen atoms in total. The molecule has 2 N–H and O–H groups in total. The maximum atomic E-state index is 4.99. The van der Waals surface area contributed by atoms with Gasteiger partial charge in [-0.05, 0) is 30.7 Å². The third kappa shape index (κ3) is 4.18. The molecule has 106 valence electrons. The van der Waals surface area contributed by atoms with Crippen LogP contribution < -0.4 is 10.6 Å². The number of nitrogens with one attached hydrogen (secondary N) is 2. The first kappa shape index (κ1) is 14.7. The topological polar surface area (TPSA) is 59.1 Å². The molecule has 0 aliphatic heterocycles. The van der Waals surface area contributed by atoms with E-state index in [0.717, 1.165) is 21.8 Å². The highest BCUT2D eigenvalue weighted by Gasteiger charge is 2.01. The maximum Gasteiger partial charge on any atom is 0.135 e. The lowest BCUT2D eigenvalue weighted by Crippen LogP contribution is -2.09. The van der Waals surface area contributed by atoms with E-state index in [1.165, 1.54) is 11.9 Å². The van der Waals surface area contributed by atoms with Crippen LogP contribution in [-0.2, 0) is 4.74 Å². The third-order valence-corrected chi connectivity index (χ3v) is 3.60. The van der Waals surface area contributed by atoms with Crippen LogP contribution >= 0.6 is 15.9 Å². The predicted molar refractivity (Wildman–Crippen MR) is 84.6 cm³/mol. The molecule has 0 amide bonds. The Hall–Kier alpha value is -1.66. The van der Waals surface area contributed by atoms with Gasteiger partial charge in [0, 0.05) is 29.9 Å². The van der Waals surface area contributed by atoms with Gasteiger partial charge in [0.05, 0.1) is 6.61 Å². The van der Waals surface area contributed by atoms with Gasteiger partial charge in [0.15, 0.2) is 0 Å². The van der Waals surface area contributed by atoms with E-state index in [0.29, 0.717) is 13.2 Å². The van der Waals surface area contributed by atoms with E-state index >= 15 is 0 Å². The highest BCUT2D eigenvalue weighted by atomic mass is 79.9. The van der Waals surface area contributed by atoms with Crippen LogP contribution in [-0.4, -0.2) is 30.2 Å². The number of ether oxygens (including phenoxy) is 1. The third-order valence-electron chi connectivity index (χ3n) is 2.71. The van der Waals surface area contributed by atoms with Gasteiger partial charge in [0.2, 0.25) is 0 Å². The fourth-order valence-electron chi connectivity index (χ4n) is 1.67. The molecule has 0 bridgehead atoms. The average Bonchev–Trinajstić information content (AvgIpc) is 2.44. The van der Waals surface area contributed by atoms with Crippen LogP contribution in [0.1, 0.15) is 5.56 Å². The summed E-state index contributed by atoms with van der Waals surface area (Å²) in [4.78, 5) is 8.37. The molecule has 0 radical (unpaired) electrons. The Bertz CT molecular complexity index is 577. The van der Waals surface area contributed by atoms with Crippen LogP contribution in [0, 0.1) is 6.92 Å². The lowest BCUT2D eigenvalue weighted by molar-refractivity contribution is 0.210. The molecule has 1 aromatic heterocycles. The van der Waals surface area contributed by atoms with Gasteiger partial charge in [-0.25, -0.2) is 9.97 Å². The van der Waals surface area contributed by atoms with E-state index in [9.17, 15) is 0 Å². The molecule has 0 aliphatic carbocycles. The van der Waals surface area contributed by atoms with Gasteiger partial charge in [-0.1, -0.05) is 15.9 Å². The van der Waals surface area contributed by atoms with Gasteiger partial charge >= 0.3 is 0 Å². The molecule has 0 atom stereocenters. The Labute approximate surface area is 126 Å². The van der Waals surface area contributed by atoms with Gasteiger partial charge in [0.1, 0.15) is 18.0 Å².